The minimum Gasteiger partial charge on any atom is -0.244 e. The van der Waals surface area contributed by atoms with Gasteiger partial charge in [-0.15, -0.1) is 0 Å². The quantitative estimate of drug-likeness (QED) is 0.362. The fourth-order valence-electron chi connectivity index (χ4n) is 0.822. The standard InChI is InChI=1S/C4H8N8/c5-12-3(1-7-11-12)9-4-6-2-8-10-4/h2,7,11H,1,5H2,(H,6,8,10). The number of amidine groups is 1. The van der Waals surface area contributed by atoms with Crippen LogP contribution in [0.1, 0.15) is 0 Å². The highest BCUT2D eigenvalue weighted by molar-refractivity contribution is 5.86. The van der Waals surface area contributed by atoms with Gasteiger partial charge in [-0.2, -0.15) is 20.6 Å². The normalized spacial score (nSPS) is 20.8. The summed E-state index contributed by atoms with van der Waals surface area (Å²) in [5.74, 6) is 6.54. The zero-order valence-corrected chi connectivity index (χ0v) is 6.15. The van der Waals surface area contributed by atoms with E-state index in [4.69, 9.17) is 5.84 Å². The van der Waals surface area contributed by atoms with Gasteiger partial charge in [0.25, 0.3) is 0 Å². The van der Waals surface area contributed by atoms with Crippen LogP contribution in [0.4, 0.5) is 5.95 Å². The number of rotatable bonds is 1. The first-order chi connectivity index (χ1) is 5.86. The highest BCUT2D eigenvalue weighted by Gasteiger charge is 2.13. The van der Waals surface area contributed by atoms with Gasteiger partial charge < -0.3 is 0 Å². The van der Waals surface area contributed by atoms with E-state index >= 15 is 0 Å². The van der Waals surface area contributed by atoms with Gasteiger partial charge in [0, 0.05) is 0 Å². The molecule has 5 N–H and O–H groups in total. The van der Waals surface area contributed by atoms with Crippen LogP contribution in [0.3, 0.4) is 0 Å². The lowest BCUT2D eigenvalue weighted by atomic mass is 10.6. The molecule has 1 fully saturated rings. The number of nitrogens with zero attached hydrogens (tertiary/aromatic N) is 4. The van der Waals surface area contributed by atoms with Crippen LogP contribution in [-0.2, 0) is 0 Å². The van der Waals surface area contributed by atoms with E-state index in [1.807, 2.05) is 0 Å². The SMILES string of the molecule is NN1NNCC1=Nc1ncn[nH]1. The van der Waals surface area contributed by atoms with E-state index in [2.05, 4.69) is 31.1 Å². The molecule has 0 bridgehead atoms. The number of H-pyrrole nitrogens is 1. The number of nitrogens with one attached hydrogen (secondary N) is 3. The van der Waals surface area contributed by atoms with Gasteiger partial charge in [-0.25, -0.2) is 21.5 Å². The van der Waals surface area contributed by atoms with Crippen LogP contribution < -0.4 is 16.8 Å². The Morgan fingerprint density at radius 1 is 1.67 bits per heavy atom. The lowest BCUT2D eigenvalue weighted by molar-refractivity contribution is 0.317. The Morgan fingerprint density at radius 3 is 3.17 bits per heavy atom. The molecular weight excluding hydrogens is 160 g/mol. The topological polar surface area (TPSA) is 107 Å². The second kappa shape index (κ2) is 2.85. The summed E-state index contributed by atoms with van der Waals surface area (Å²) >= 11 is 0. The van der Waals surface area contributed by atoms with E-state index in [9.17, 15) is 0 Å². The molecule has 64 valence electrons. The molecule has 0 saturated carbocycles. The molecule has 0 amide bonds. The van der Waals surface area contributed by atoms with Gasteiger partial charge in [0.05, 0.1) is 6.54 Å². The number of nitrogens with two attached hydrogens (primary N) is 1. The molecular formula is C4H8N8. The van der Waals surface area contributed by atoms with Crippen molar-refractivity contribution in [1.29, 1.82) is 0 Å². The van der Waals surface area contributed by atoms with Crippen molar-refractivity contribution in [3.63, 3.8) is 0 Å². The third-order valence-electron chi connectivity index (χ3n) is 1.36. The molecule has 2 rings (SSSR count). The first-order valence-electron chi connectivity index (χ1n) is 3.32. The van der Waals surface area contributed by atoms with Gasteiger partial charge >= 0.3 is 0 Å². The number of hydrazine groups is 3. The maximum atomic E-state index is 5.46. The van der Waals surface area contributed by atoms with Crippen LogP contribution in [0.25, 0.3) is 0 Å². The summed E-state index contributed by atoms with van der Waals surface area (Å²) in [6.07, 6.45) is 1.38. The molecule has 0 aromatic carbocycles. The van der Waals surface area contributed by atoms with Gasteiger partial charge in [0.15, 0.2) is 5.84 Å². The van der Waals surface area contributed by atoms with E-state index in [1.54, 1.807) is 0 Å². The molecule has 1 aliphatic heterocycles. The van der Waals surface area contributed by atoms with Gasteiger partial charge in [0.2, 0.25) is 5.95 Å². The third kappa shape index (κ3) is 1.25. The predicted octanol–water partition coefficient (Wildman–Crippen LogP) is -1.97. The molecule has 2 heterocycles. The van der Waals surface area contributed by atoms with Crippen LogP contribution in [0.15, 0.2) is 11.3 Å². The average Bonchev–Trinajstić information content (AvgIpc) is 2.65. The second-order valence-electron chi connectivity index (χ2n) is 2.17. The highest BCUT2D eigenvalue weighted by atomic mass is 15.8. The molecule has 1 aromatic rings. The Labute approximate surface area is 67.8 Å². The molecule has 8 heteroatoms. The predicted molar refractivity (Wildman–Crippen MR) is 40.6 cm³/mol. The fraction of sp³-hybridized carbons (Fsp3) is 0.250. The first-order valence-corrected chi connectivity index (χ1v) is 3.32. The summed E-state index contributed by atoms with van der Waals surface area (Å²) in [6, 6.07) is 0. The van der Waals surface area contributed by atoms with Crippen LogP contribution in [-0.4, -0.2) is 32.7 Å². The number of hydrogen-bond donors (Lipinski definition) is 4. The highest BCUT2D eigenvalue weighted by Crippen LogP contribution is 2.00. The molecule has 1 aliphatic rings. The summed E-state index contributed by atoms with van der Waals surface area (Å²) in [6.45, 7) is 0.553. The molecule has 1 saturated heterocycles. The summed E-state index contributed by atoms with van der Waals surface area (Å²) in [5, 5.41) is 7.52. The van der Waals surface area contributed by atoms with Crippen molar-refractivity contribution in [3.8, 4) is 0 Å². The van der Waals surface area contributed by atoms with Crippen LogP contribution in [0.5, 0.6) is 0 Å². The van der Waals surface area contributed by atoms with Gasteiger partial charge in [0.1, 0.15) is 6.33 Å². The molecule has 0 unspecified atom stereocenters. The van der Waals surface area contributed by atoms with Crippen molar-refractivity contribution < 1.29 is 0 Å². The van der Waals surface area contributed by atoms with E-state index in [1.165, 1.54) is 11.4 Å². The zero-order chi connectivity index (χ0) is 8.39. The van der Waals surface area contributed by atoms with E-state index < -0.39 is 0 Å². The van der Waals surface area contributed by atoms with Crippen LogP contribution >= 0.6 is 0 Å². The Hall–Kier alpha value is -1.51. The van der Waals surface area contributed by atoms with E-state index in [0.717, 1.165) is 0 Å². The van der Waals surface area contributed by atoms with Crippen LogP contribution in [0.2, 0.25) is 0 Å². The zero-order valence-electron chi connectivity index (χ0n) is 6.15. The molecule has 0 radical (unpaired) electrons. The summed E-state index contributed by atoms with van der Waals surface area (Å²) in [4.78, 5) is 7.88. The van der Waals surface area contributed by atoms with Crippen molar-refractivity contribution in [1.82, 2.24) is 31.3 Å². The van der Waals surface area contributed by atoms with Crippen molar-refractivity contribution in [2.45, 2.75) is 0 Å². The molecule has 12 heavy (non-hydrogen) atoms. The Bertz CT molecular complexity index is 275. The monoisotopic (exact) mass is 168 g/mol. The maximum Gasteiger partial charge on any atom is 0.246 e. The average molecular weight is 168 g/mol. The largest absolute Gasteiger partial charge is 0.246 e. The number of aromatic nitrogens is 3. The Kier molecular flexibility index (Phi) is 1.70. The Morgan fingerprint density at radius 2 is 2.58 bits per heavy atom. The Balaban J connectivity index is 2.18. The van der Waals surface area contributed by atoms with Crippen LogP contribution in [0, 0.1) is 0 Å². The molecule has 0 aliphatic carbocycles. The van der Waals surface area contributed by atoms with Crippen molar-refractivity contribution >= 4 is 11.8 Å². The molecule has 8 nitrogen and oxygen atoms in total. The molecule has 0 spiro atoms. The fourth-order valence-corrected chi connectivity index (χ4v) is 0.822. The van der Waals surface area contributed by atoms with Gasteiger partial charge in [-0.05, 0) is 0 Å². The summed E-state index contributed by atoms with van der Waals surface area (Å²) < 4.78 is 0. The van der Waals surface area contributed by atoms with Crippen molar-refractivity contribution in [3.05, 3.63) is 6.33 Å². The lowest BCUT2D eigenvalue weighted by Gasteiger charge is -2.07. The first kappa shape index (κ1) is 7.16. The lowest BCUT2D eigenvalue weighted by Crippen LogP contribution is -2.43. The smallest absolute Gasteiger partial charge is 0.244 e. The summed E-state index contributed by atoms with van der Waals surface area (Å²) in [5.41, 5.74) is 5.44. The van der Waals surface area contributed by atoms with Crippen molar-refractivity contribution in [2.24, 2.45) is 10.8 Å². The minimum absolute atomic E-state index is 0.436. The number of hydrogen-bond acceptors (Lipinski definition) is 6. The molecule has 0 atom stereocenters. The second-order valence-corrected chi connectivity index (χ2v) is 2.17. The van der Waals surface area contributed by atoms with E-state index in [-0.39, 0.29) is 0 Å². The van der Waals surface area contributed by atoms with Crippen molar-refractivity contribution in [2.75, 3.05) is 6.54 Å². The molecule has 1 aromatic heterocycles. The van der Waals surface area contributed by atoms with Gasteiger partial charge in [-0.3, -0.25) is 0 Å². The van der Waals surface area contributed by atoms with Gasteiger partial charge in [-0.1, -0.05) is 0 Å². The maximum absolute atomic E-state index is 5.46. The number of aliphatic imine (C=N–C) groups is 1. The number of aromatic amines is 1. The minimum atomic E-state index is 0.436. The third-order valence-corrected chi connectivity index (χ3v) is 1.36. The summed E-state index contributed by atoms with van der Waals surface area (Å²) in [7, 11) is 0. The van der Waals surface area contributed by atoms with E-state index in [0.29, 0.717) is 18.3 Å².